The van der Waals surface area contributed by atoms with Gasteiger partial charge in [0.2, 0.25) is 0 Å². The second-order valence-corrected chi connectivity index (χ2v) is 5.83. The van der Waals surface area contributed by atoms with E-state index in [9.17, 15) is 0 Å². The van der Waals surface area contributed by atoms with Gasteiger partial charge in [-0.25, -0.2) is 0 Å². The van der Waals surface area contributed by atoms with E-state index in [1.165, 1.54) is 0 Å². The summed E-state index contributed by atoms with van der Waals surface area (Å²) in [6.45, 7) is 1.98. The summed E-state index contributed by atoms with van der Waals surface area (Å²) in [7, 11) is 5.67. The van der Waals surface area contributed by atoms with E-state index in [-0.39, 0.29) is 6.04 Å². The van der Waals surface area contributed by atoms with Crippen LogP contribution in [0, 0.1) is 0 Å². The van der Waals surface area contributed by atoms with Crippen LogP contribution in [0.3, 0.4) is 0 Å². The van der Waals surface area contributed by atoms with E-state index in [4.69, 9.17) is 16.2 Å². The number of hydrogen-bond donors (Lipinski definition) is 2. The average molecular weight is 311 g/mol. The molecule has 2 rings (SSSR count). The van der Waals surface area contributed by atoms with Gasteiger partial charge in [-0.3, -0.25) is 0 Å². The van der Waals surface area contributed by atoms with E-state index in [0.29, 0.717) is 5.70 Å². The first-order valence-corrected chi connectivity index (χ1v) is 7.61. The van der Waals surface area contributed by atoms with Gasteiger partial charge in [0.05, 0.1) is 7.11 Å². The van der Waals surface area contributed by atoms with Gasteiger partial charge in [0.1, 0.15) is 5.75 Å². The summed E-state index contributed by atoms with van der Waals surface area (Å²) in [5.41, 5.74) is 17.2. The largest absolute Gasteiger partial charge is 0.497 e. The molecule has 0 bridgehead atoms. The summed E-state index contributed by atoms with van der Waals surface area (Å²) in [5.74, 6) is 0.786. The molecule has 0 heterocycles. The number of ether oxygens (including phenoxy) is 1. The van der Waals surface area contributed by atoms with Gasteiger partial charge in [0.25, 0.3) is 0 Å². The highest BCUT2D eigenvalue weighted by molar-refractivity contribution is 5.81. The Morgan fingerprint density at radius 1 is 1.17 bits per heavy atom. The minimum absolute atomic E-state index is 0.0701. The zero-order valence-electron chi connectivity index (χ0n) is 14.2. The lowest BCUT2D eigenvalue weighted by Gasteiger charge is -2.18. The monoisotopic (exact) mass is 311 g/mol. The first-order chi connectivity index (χ1) is 10.9. The fraction of sp³-hybridized carbons (Fsp3) is 0.263. The molecule has 0 aliphatic rings. The molecule has 23 heavy (non-hydrogen) atoms. The standard InChI is InChI=1S/C19H25N3O/c1-13(20)18-12-16(22(2)3)9-8-14(18)11-19(21)15-6-5-7-17(10-15)23-4/h5-13H,20-21H2,1-4H3/b19-11-. The molecular weight excluding hydrogens is 286 g/mol. The highest BCUT2D eigenvalue weighted by atomic mass is 16.5. The number of benzene rings is 2. The Balaban J connectivity index is 2.44. The van der Waals surface area contributed by atoms with Crippen molar-refractivity contribution in [2.75, 3.05) is 26.1 Å². The SMILES string of the molecule is COc1cccc(/C(N)=C/c2ccc(N(C)C)cc2C(C)N)c1. The molecule has 1 unspecified atom stereocenters. The first kappa shape index (κ1) is 16.9. The third kappa shape index (κ3) is 4.05. The van der Waals surface area contributed by atoms with E-state index in [1.807, 2.05) is 51.4 Å². The molecule has 0 saturated heterocycles. The molecular formula is C19H25N3O. The van der Waals surface area contributed by atoms with E-state index in [0.717, 1.165) is 28.1 Å². The van der Waals surface area contributed by atoms with E-state index < -0.39 is 0 Å². The molecule has 0 amide bonds. The predicted molar refractivity (Wildman–Crippen MR) is 98.4 cm³/mol. The van der Waals surface area contributed by atoms with Crippen LogP contribution in [0.25, 0.3) is 11.8 Å². The Labute approximate surface area is 138 Å². The smallest absolute Gasteiger partial charge is 0.119 e. The van der Waals surface area contributed by atoms with Crippen molar-refractivity contribution in [2.24, 2.45) is 11.5 Å². The summed E-state index contributed by atoms with van der Waals surface area (Å²) in [6, 6.07) is 13.9. The van der Waals surface area contributed by atoms with Crippen LogP contribution >= 0.6 is 0 Å². The molecule has 4 nitrogen and oxygen atoms in total. The van der Waals surface area contributed by atoms with Gasteiger partial charge in [-0.1, -0.05) is 18.2 Å². The number of nitrogens with two attached hydrogens (primary N) is 2. The predicted octanol–water partition coefficient (Wildman–Crippen LogP) is 3.24. The Bertz CT molecular complexity index is 706. The number of hydrogen-bond acceptors (Lipinski definition) is 4. The molecule has 0 radical (unpaired) electrons. The fourth-order valence-corrected chi connectivity index (χ4v) is 2.42. The summed E-state index contributed by atoms with van der Waals surface area (Å²) < 4.78 is 5.25. The maximum absolute atomic E-state index is 6.27. The highest BCUT2D eigenvalue weighted by Crippen LogP contribution is 2.26. The van der Waals surface area contributed by atoms with Gasteiger partial charge in [-0.15, -0.1) is 0 Å². The van der Waals surface area contributed by atoms with Crippen molar-refractivity contribution in [1.82, 2.24) is 0 Å². The summed E-state index contributed by atoms with van der Waals surface area (Å²) in [5, 5.41) is 0. The fourth-order valence-electron chi connectivity index (χ4n) is 2.42. The van der Waals surface area contributed by atoms with Crippen LogP contribution in [0.5, 0.6) is 5.75 Å². The van der Waals surface area contributed by atoms with Crippen molar-refractivity contribution in [3.8, 4) is 5.75 Å². The Morgan fingerprint density at radius 2 is 1.91 bits per heavy atom. The maximum atomic E-state index is 6.27. The van der Waals surface area contributed by atoms with Crippen LogP contribution in [-0.2, 0) is 0 Å². The minimum Gasteiger partial charge on any atom is -0.497 e. The van der Waals surface area contributed by atoms with Crippen LogP contribution in [0.4, 0.5) is 5.69 Å². The van der Waals surface area contributed by atoms with Gasteiger partial charge < -0.3 is 21.1 Å². The zero-order valence-corrected chi connectivity index (χ0v) is 14.2. The van der Waals surface area contributed by atoms with E-state index in [1.54, 1.807) is 7.11 Å². The van der Waals surface area contributed by atoms with Crippen molar-refractivity contribution in [2.45, 2.75) is 13.0 Å². The van der Waals surface area contributed by atoms with E-state index >= 15 is 0 Å². The van der Waals surface area contributed by atoms with Crippen molar-refractivity contribution >= 4 is 17.5 Å². The number of anilines is 1. The molecule has 1 atom stereocenters. The molecule has 2 aromatic rings. The van der Waals surface area contributed by atoms with Crippen LogP contribution in [0.2, 0.25) is 0 Å². The van der Waals surface area contributed by atoms with Gasteiger partial charge in [0, 0.05) is 37.1 Å². The van der Waals surface area contributed by atoms with E-state index in [2.05, 4.69) is 23.1 Å². The molecule has 4 heteroatoms. The average Bonchev–Trinajstić information content (AvgIpc) is 2.54. The zero-order chi connectivity index (χ0) is 17.0. The molecule has 2 aromatic carbocycles. The maximum Gasteiger partial charge on any atom is 0.119 e. The number of methoxy groups -OCH3 is 1. The van der Waals surface area contributed by atoms with Crippen molar-refractivity contribution < 1.29 is 4.74 Å². The Hall–Kier alpha value is -2.46. The van der Waals surface area contributed by atoms with Crippen LogP contribution in [0.15, 0.2) is 42.5 Å². The van der Waals surface area contributed by atoms with Gasteiger partial charge in [-0.05, 0) is 48.4 Å². The topological polar surface area (TPSA) is 64.5 Å². The Kier molecular flexibility index (Phi) is 5.29. The van der Waals surface area contributed by atoms with Crippen molar-refractivity contribution in [3.63, 3.8) is 0 Å². The lowest BCUT2D eigenvalue weighted by molar-refractivity contribution is 0.414. The van der Waals surface area contributed by atoms with Gasteiger partial charge in [-0.2, -0.15) is 0 Å². The lowest BCUT2D eigenvalue weighted by atomic mass is 9.98. The quantitative estimate of drug-likeness (QED) is 0.832. The molecule has 0 aliphatic carbocycles. The number of nitrogens with zero attached hydrogens (tertiary/aromatic N) is 1. The van der Waals surface area contributed by atoms with Gasteiger partial charge in [0.15, 0.2) is 0 Å². The second-order valence-electron chi connectivity index (χ2n) is 5.83. The second kappa shape index (κ2) is 7.20. The lowest BCUT2D eigenvalue weighted by Crippen LogP contribution is -2.12. The highest BCUT2D eigenvalue weighted by Gasteiger charge is 2.09. The molecule has 0 spiro atoms. The first-order valence-electron chi connectivity index (χ1n) is 7.61. The molecule has 0 fully saturated rings. The number of rotatable bonds is 5. The van der Waals surface area contributed by atoms with Crippen molar-refractivity contribution in [3.05, 3.63) is 59.2 Å². The Morgan fingerprint density at radius 3 is 2.52 bits per heavy atom. The van der Waals surface area contributed by atoms with Crippen LogP contribution < -0.4 is 21.1 Å². The normalized spacial score (nSPS) is 12.8. The summed E-state index contributed by atoms with van der Waals surface area (Å²) in [6.07, 6.45) is 1.97. The van der Waals surface area contributed by atoms with Crippen LogP contribution in [-0.4, -0.2) is 21.2 Å². The molecule has 0 saturated carbocycles. The molecule has 0 aromatic heterocycles. The molecule has 122 valence electrons. The molecule has 4 N–H and O–H groups in total. The van der Waals surface area contributed by atoms with Gasteiger partial charge >= 0.3 is 0 Å². The van der Waals surface area contributed by atoms with Crippen LogP contribution in [0.1, 0.15) is 29.7 Å². The minimum atomic E-state index is -0.0701. The van der Waals surface area contributed by atoms with Crippen molar-refractivity contribution in [1.29, 1.82) is 0 Å². The summed E-state index contributed by atoms with van der Waals surface area (Å²) >= 11 is 0. The third-order valence-electron chi connectivity index (χ3n) is 3.79. The molecule has 0 aliphatic heterocycles. The third-order valence-corrected chi connectivity index (χ3v) is 3.79. The summed E-state index contributed by atoms with van der Waals surface area (Å²) in [4.78, 5) is 2.06.